The van der Waals surface area contributed by atoms with Gasteiger partial charge in [0.05, 0.1) is 36.9 Å². The van der Waals surface area contributed by atoms with Crippen molar-refractivity contribution in [2.24, 2.45) is 0 Å². The normalized spacial score (nSPS) is 21.3. The smallest absolute Gasteiger partial charge is 0.254 e. The summed E-state index contributed by atoms with van der Waals surface area (Å²) in [6.07, 6.45) is -0.341. The fourth-order valence-corrected chi connectivity index (χ4v) is 3.65. The SMILES string of the molecule is COc1c([C@H]2CC(C)(C)O[C@@H]2C(=O)Nc2ccc([C@H](O)CO)nc2)ccc(F)c1F. The maximum Gasteiger partial charge on any atom is 0.254 e. The summed E-state index contributed by atoms with van der Waals surface area (Å²) in [4.78, 5) is 17.0. The third-order valence-electron chi connectivity index (χ3n) is 5.03. The largest absolute Gasteiger partial charge is 0.493 e. The topological polar surface area (TPSA) is 101 Å². The van der Waals surface area contributed by atoms with E-state index in [-0.39, 0.29) is 11.4 Å². The summed E-state index contributed by atoms with van der Waals surface area (Å²) >= 11 is 0. The molecular weight excluding hydrogens is 398 g/mol. The zero-order valence-electron chi connectivity index (χ0n) is 16.9. The van der Waals surface area contributed by atoms with Crippen molar-refractivity contribution in [2.45, 2.75) is 44.0 Å². The average Bonchev–Trinajstić information content (AvgIpc) is 3.05. The molecular formula is C21H24F2N2O5. The van der Waals surface area contributed by atoms with Crippen LogP contribution in [-0.4, -0.2) is 46.5 Å². The third kappa shape index (κ3) is 4.43. The molecule has 3 N–H and O–H groups in total. The zero-order chi connectivity index (χ0) is 22.1. The Morgan fingerprint density at radius 1 is 1.37 bits per heavy atom. The van der Waals surface area contributed by atoms with Crippen LogP contribution in [0.15, 0.2) is 30.5 Å². The first-order valence-corrected chi connectivity index (χ1v) is 9.42. The molecule has 0 bridgehead atoms. The standard InChI is InChI=1S/C21H24F2N2O5/c1-21(2)8-13(12-5-6-14(22)17(23)18(12)29-3)19(30-21)20(28)25-11-4-7-15(24-9-11)16(27)10-26/h4-7,9,13,16,19,26-27H,8,10H2,1-3H3,(H,25,28)/t13-,16-,19+/m1/s1. The minimum atomic E-state index is -1.11. The van der Waals surface area contributed by atoms with Crippen LogP contribution >= 0.6 is 0 Å². The van der Waals surface area contributed by atoms with Gasteiger partial charge in [-0.25, -0.2) is 4.39 Å². The van der Waals surface area contributed by atoms with Gasteiger partial charge in [0.25, 0.3) is 5.91 Å². The van der Waals surface area contributed by atoms with Gasteiger partial charge in [0.15, 0.2) is 11.6 Å². The molecule has 0 unspecified atom stereocenters. The predicted octanol–water partition coefficient (Wildman–Crippen LogP) is 2.68. The molecule has 3 rings (SSSR count). The van der Waals surface area contributed by atoms with E-state index < -0.39 is 47.9 Å². The van der Waals surface area contributed by atoms with Gasteiger partial charge in [0, 0.05) is 11.5 Å². The number of rotatable bonds is 6. The molecule has 0 radical (unpaired) electrons. The lowest BCUT2D eigenvalue weighted by Gasteiger charge is -2.21. The highest BCUT2D eigenvalue weighted by Gasteiger charge is 2.46. The van der Waals surface area contributed by atoms with Crippen LogP contribution in [0.3, 0.4) is 0 Å². The maximum absolute atomic E-state index is 14.2. The van der Waals surface area contributed by atoms with Crippen LogP contribution in [0, 0.1) is 11.6 Å². The highest BCUT2D eigenvalue weighted by molar-refractivity contribution is 5.95. The molecule has 1 saturated heterocycles. The summed E-state index contributed by atoms with van der Waals surface area (Å²) in [5, 5.41) is 21.3. The Morgan fingerprint density at radius 2 is 2.10 bits per heavy atom. The number of hydrogen-bond donors (Lipinski definition) is 3. The number of carbonyl (C=O) groups excluding carboxylic acids is 1. The van der Waals surface area contributed by atoms with Crippen molar-refractivity contribution in [3.05, 3.63) is 53.4 Å². The second kappa shape index (κ2) is 8.63. The van der Waals surface area contributed by atoms with Crippen LogP contribution in [-0.2, 0) is 9.53 Å². The van der Waals surface area contributed by atoms with Gasteiger partial charge >= 0.3 is 0 Å². The fourth-order valence-electron chi connectivity index (χ4n) is 3.65. The summed E-state index contributed by atoms with van der Waals surface area (Å²) in [6, 6.07) is 5.42. The summed E-state index contributed by atoms with van der Waals surface area (Å²) in [5.74, 6) is -3.43. The van der Waals surface area contributed by atoms with Gasteiger partial charge in [-0.2, -0.15) is 4.39 Å². The number of amides is 1. The van der Waals surface area contributed by atoms with Crippen molar-refractivity contribution < 1.29 is 33.3 Å². The zero-order valence-corrected chi connectivity index (χ0v) is 16.9. The van der Waals surface area contributed by atoms with Gasteiger partial charge in [-0.05, 0) is 38.5 Å². The molecule has 0 saturated carbocycles. The second-order valence-electron chi connectivity index (χ2n) is 7.75. The number of halogens is 2. The molecule has 3 atom stereocenters. The summed E-state index contributed by atoms with van der Waals surface area (Å²) in [5.41, 5.74) is 0.300. The lowest BCUT2D eigenvalue weighted by atomic mass is 9.86. The van der Waals surface area contributed by atoms with Gasteiger partial charge in [-0.3, -0.25) is 9.78 Å². The first-order valence-electron chi connectivity index (χ1n) is 9.42. The van der Waals surface area contributed by atoms with Crippen molar-refractivity contribution >= 4 is 11.6 Å². The highest BCUT2D eigenvalue weighted by atomic mass is 19.2. The van der Waals surface area contributed by atoms with E-state index >= 15 is 0 Å². The average molecular weight is 422 g/mol. The maximum atomic E-state index is 14.2. The number of aliphatic hydroxyl groups excluding tert-OH is 2. The molecule has 1 aliphatic rings. The molecule has 1 aliphatic heterocycles. The number of nitrogens with one attached hydrogen (secondary N) is 1. The van der Waals surface area contributed by atoms with E-state index in [2.05, 4.69) is 10.3 Å². The Kier molecular flexibility index (Phi) is 6.35. The van der Waals surface area contributed by atoms with Crippen molar-refractivity contribution in [3.8, 4) is 5.75 Å². The molecule has 1 amide bonds. The summed E-state index contributed by atoms with van der Waals surface area (Å²) in [7, 11) is 1.24. The van der Waals surface area contributed by atoms with Crippen LogP contribution in [0.2, 0.25) is 0 Å². The number of aromatic nitrogens is 1. The Bertz CT molecular complexity index is 920. The summed E-state index contributed by atoms with van der Waals surface area (Å²) < 4.78 is 38.9. The van der Waals surface area contributed by atoms with E-state index in [0.29, 0.717) is 17.7 Å². The van der Waals surface area contributed by atoms with Gasteiger partial charge in [0.2, 0.25) is 5.82 Å². The Hall–Kier alpha value is -2.62. The van der Waals surface area contributed by atoms with Crippen molar-refractivity contribution in [3.63, 3.8) is 0 Å². The molecule has 162 valence electrons. The number of methoxy groups -OCH3 is 1. The highest BCUT2D eigenvalue weighted by Crippen LogP contribution is 2.45. The van der Waals surface area contributed by atoms with Crippen LogP contribution in [0.4, 0.5) is 14.5 Å². The Morgan fingerprint density at radius 3 is 2.70 bits per heavy atom. The van der Waals surface area contributed by atoms with Gasteiger partial charge in [-0.1, -0.05) is 6.07 Å². The minimum Gasteiger partial charge on any atom is -0.493 e. The number of aliphatic hydroxyl groups is 2. The molecule has 1 fully saturated rings. The molecule has 0 aliphatic carbocycles. The van der Waals surface area contributed by atoms with Crippen LogP contribution in [0.5, 0.6) is 5.75 Å². The van der Waals surface area contributed by atoms with Gasteiger partial charge in [-0.15, -0.1) is 0 Å². The quantitative estimate of drug-likeness (QED) is 0.662. The molecule has 9 heteroatoms. The van der Waals surface area contributed by atoms with Crippen LogP contribution < -0.4 is 10.1 Å². The number of nitrogens with zero attached hydrogens (tertiary/aromatic N) is 1. The lowest BCUT2D eigenvalue weighted by molar-refractivity contribution is -0.130. The molecule has 1 aromatic heterocycles. The van der Waals surface area contributed by atoms with E-state index in [1.165, 1.54) is 31.5 Å². The molecule has 2 aromatic rings. The Labute approximate surface area is 172 Å². The third-order valence-corrected chi connectivity index (χ3v) is 5.03. The monoisotopic (exact) mass is 422 g/mol. The lowest BCUT2D eigenvalue weighted by Crippen LogP contribution is -2.33. The molecule has 1 aromatic carbocycles. The van der Waals surface area contributed by atoms with E-state index in [1.54, 1.807) is 0 Å². The van der Waals surface area contributed by atoms with E-state index in [4.69, 9.17) is 14.6 Å². The van der Waals surface area contributed by atoms with E-state index in [9.17, 15) is 18.7 Å². The molecule has 2 heterocycles. The molecule has 0 spiro atoms. The molecule has 30 heavy (non-hydrogen) atoms. The molecule has 7 nitrogen and oxygen atoms in total. The van der Waals surface area contributed by atoms with Gasteiger partial charge < -0.3 is 25.0 Å². The summed E-state index contributed by atoms with van der Waals surface area (Å²) in [6.45, 7) is 3.15. The minimum absolute atomic E-state index is 0.247. The van der Waals surface area contributed by atoms with Crippen LogP contribution in [0.25, 0.3) is 0 Å². The van der Waals surface area contributed by atoms with Crippen molar-refractivity contribution in [1.82, 2.24) is 4.98 Å². The number of anilines is 1. The number of ether oxygens (including phenoxy) is 2. The number of hydrogen-bond acceptors (Lipinski definition) is 6. The number of carbonyl (C=O) groups is 1. The van der Waals surface area contributed by atoms with Crippen molar-refractivity contribution in [1.29, 1.82) is 0 Å². The van der Waals surface area contributed by atoms with E-state index in [0.717, 1.165) is 6.07 Å². The van der Waals surface area contributed by atoms with E-state index in [1.807, 2.05) is 13.8 Å². The van der Waals surface area contributed by atoms with Gasteiger partial charge in [0.1, 0.15) is 12.2 Å². The Balaban J connectivity index is 1.86. The predicted molar refractivity (Wildman–Crippen MR) is 104 cm³/mol. The first-order chi connectivity index (χ1) is 14.2. The van der Waals surface area contributed by atoms with Crippen LogP contribution in [0.1, 0.15) is 43.5 Å². The number of benzene rings is 1. The fraction of sp³-hybridized carbons (Fsp3) is 0.429. The first kappa shape index (κ1) is 22.1. The number of pyridine rings is 1. The van der Waals surface area contributed by atoms with Crippen molar-refractivity contribution in [2.75, 3.05) is 19.0 Å². The second-order valence-corrected chi connectivity index (χ2v) is 7.75.